The first-order valence-corrected chi connectivity index (χ1v) is 6.23. The molecule has 1 aromatic heterocycles. The van der Waals surface area contributed by atoms with Crippen molar-refractivity contribution in [3.05, 3.63) is 60.1 Å². The molecule has 0 spiro atoms. The molecule has 100 valence electrons. The average molecular weight is 258 g/mol. The lowest BCUT2D eigenvalue weighted by atomic mass is 10.1. The van der Waals surface area contributed by atoms with Crippen molar-refractivity contribution in [1.29, 1.82) is 0 Å². The molecular formula is C15H18N2O2. The third kappa shape index (κ3) is 3.69. The summed E-state index contributed by atoms with van der Waals surface area (Å²) in [6.07, 6.45) is 2.14. The molecule has 0 unspecified atom stereocenters. The maximum Gasteiger partial charge on any atom is 0.239 e. The molecule has 0 radical (unpaired) electrons. The third-order valence-electron chi connectivity index (χ3n) is 2.96. The van der Waals surface area contributed by atoms with Crippen LogP contribution >= 0.6 is 0 Å². The van der Waals surface area contributed by atoms with Crippen LogP contribution in [0.2, 0.25) is 0 Å². The van der Waals surface area contributed by atoms with Gasteiger partial charge in [0.1, 0.15) is 5.76 Å². The number of carbonyl (C=O) groups excluding carboxylic acids is 1. The summed E-state index contributed by atoms with van der Waals surface area (Å²) in [4.78, 5) is 13.7. The number of rotatable bonds is 5. The maximum atomic E-state index is 12.1. The van der Waals surface area contributed by atoms with Gasteiger partial charge in [-0.2, -0.15) is 0 Å². The minimum Gasteiger partial charge on any atom is -0.467 e. The van der Waals surface area contributed by atoms with Crippen molar-refractivity contribution in [1.82, 2.24) is 4.90 Å². The molecule has 2 aromatic rings. The number of likely N-dealkylation sites (N-methyl/N-ethyl adjacent to an activating group) is 1. The Balaban J connectivity index is 1.91. The predicted octanol–water partition coefficient (Wildman–Crippen LogP) is 1.81. The molecule has 0 saturated carbocycles. The van der Waals surface area contributed by atoms with Crippen molar-refractivity contribution in [2.75, 3.05) is 7.05 Å². The van der Waals surface area contributed by atoms with Crippen LogP contribution in [0.25, 0.3) is 0 Å². The van der Waals surface area contributed by atoms with E-state index >= 15 is 0 Å². The fourth-order valence-electron chi connectivity index (χ4n) is 1.95. The summed E-state index contributed by atoms with van der Waals surface area (Å²) in [5.74, 6) is 0.669. The standard InChI is InChI=1S/C15H18N2O2/c1-17(11-13-8-5-9-19-13)15(18)14(16)10-12-6-3-2-4-7-12/h2-9,14H,10-11,16H2,1H3/t14-/m0/s1. The second kappa shape index (κ2) is 6.20. The molecule has 2 N–H and O–H groups in total. The van der Waals surface area contributed by atoms with Crippen molar-refractivity contribution >= 4 is 5.91 Å². The van der Waals surface area contributed by atoms with Gasteiger partial charge in [0.15, 0.2) is 0 Å². The number of carbonyl (C=O) groups is 1. The molecule has 0 fully saturated rings. The molecule has 0 aliphatic carbocycles. The largest absolute Gasteiger partial charge is 0.467 e. The van der Waals surface area contributed by atoms with E-state index in [9.17, 15) is 4.79 Å². The zero-order chi connectivity index (χ0) is 13.7. The zero-order valence-corrected chi connectivity index (χ0v) is 11.0. The van der Waals surface area contributed by atoms with Crippen LogP contribution in [-0.4, -0.2) is 23.9 Å². The van der Waals surface area contributed by atoms with Crippen LogP contribution in [0.3, 0.4) is 0 Å². The molecule has 1 heterocycles. The first-order chi connectivity index (χ1) is 9.16. The molecule has 1 aromatic carbocycles. The summed E-state index contributed by atoms with van der Waals surface area (Å²) in [7, 11) is 1.73. The summed E-state index contributed by atoms with van der Waals surface area (Å²) in [6, 6.07) is 12.9. The number of nitrogens with two attached hydrogens (primary N) is 1. The van der Waals surface area contributed by atoms with Gasteiger partial charge in [-0.1, -0.05) is 30.3 Å². The van der Waals surface area contributed by atoms with E-state index in [-0.39, 0.29) is 5.91 Å². The van der Waals surface area contributed by atoms with E-state index in [0.717, 1.165) is 11.3 Å². The van der Waals surface area contributed by atoms with Crippen molar-refractivity contribution in [3.63, 3.8) is 0 Å². The van der Waals surface area contributed by atoms with Gasteiger partial charge in [-0.3, -0.25) is 4.79 Å². The van der Waals surface area contributed by atoms with Crippen LogP contribution in [0.15, 0.2) is 53.1 Å². The van der Waals surface area contributed by atoms with E-state index in [1.807, 2.05) is 36.4 Å². The fourth-order valence-corrected chi connectivity index (χ4v) is 1.95. The van der Waals surface area contributed by atoms with Gasteiger partial charge in [0, 0.05) is 7.05 Å². The molecule has 1 amide bonds. The highest BCUT2D eigenvalue weighted by molar-refractivity contribution is 5.81. The maximum absolute atomic E-state index is 12.1. The summed E-state index contributed by atoms with van der Waals surface area (Å²) in [5.41, 5.74) is 7.02. The topological polar surface area (TPSA) is 59.5 Å². The Kier molecular flexibility index (Phi) is 4.36. The Morgan fingerprint density at radius 2 is 2.00 bits per heavy atom. The molecule has 2 rings (SSSR count). The molecular weight excluding hydrogens is 240 g/mol. The Hall–Kier alpha value is -2.07. The zero-order valence-electron chi connectivity index (χ0n) is 11.0. The highest BCUT2D eigenvalue weighted by Gasteiger charge is 2.19. The van der Waals surface area contributed by atoms with Gasteiger partial charge in [0.2, 0.25) is 5.91 Å². The first-order valence-electron chi connectivity index (χ1n) is 6.23. The van der Waals surface area contributed by atoms with E-state index in [1.165, 1.54) is 0 Å². The second-order valence-electron chi connectivity index (χ2n) is 4.57. The Morgan fingerprint density at radius 1 is 1.26 bits per heavy atom. The number of hydrogen-bond acceptors (Lipinski definition) is 3. The minimum atomic E-state index is -0.526. The lowest BCUT2D eigenvalue weighted by molar-refractivity contribution is -0.132. The average Bonchev–Trinajstić information content (AvgIpc) is 2.91. The van der Waals surface area contributed by atoms with Crippen LogP contribution in [0, 0.1) is 0 Å². The quantitative estimate of drug-likeness (QED) is 0.889. The van der Waals surface area contributed by atoms with Gasteiger partial charge >= 0.3 is 0 Å². The number of amides is 1. The summed E-state index contributed by atoms with van der Waals surface area (Å²) in [6.45, 7) is 0.439. The number of furan rings is 1. The number of nitrogens with zero attached hydrogens (tertiary/aromatic N) is 1. The van der Waals surface area contributed by atoms with E-state index in [0.29, 0.717) is 13.0 Å². The summed E-state index contributed by atoms with van der Waals surface area (Å²) < 4.78 is 5.22. The lowest BCUT2D eigenvalue weighted by Crippen LogP contribution is -2.42. The Bertz CT molecular complexity index is 508. The van der Waals surface area contributed by atoms with Crippen LogP contribution in [0.1, 0.15) is 11.3 Å². The first kappa shape index (κ1) is 13.4. The van der Waals surface area contributed by atoms with E-state index in [2.05, 4.69) is 0 Å². The third-order valence-corrected chi connectivity index (χ3v) is 2.96. The number of benzene rings is 1. The highest BCUT2D eigenvalue weighted by atomic mass is 16.3. The van der Waals surface area contributed by atoms with Crippen LogP contribution < -0.4 is 5.73 Å². The van der Waals surface area contributed by atoms with Gasteiger partial charge in [-0.15, -0.1) is 0 Å². The Morgan fingerprint density at radius 3 is 2.63 bits per heavy atom. The van der Waals surface area contributed by atoms with Crippen molar-refractivity contribution in [2.45, 2.75) is 19.0 Å². The van der Waals surface area contributed by atoms with E-state index in [4.69, 9.17) is 10.2 Å². The molecule has 0 aliphatic heterocycles. The van der Waals surface area contributed by atoms with E-state index < -0.39 is 6.04 Å². The highest BCUT2D eigenvalue weighted by Crippen LogP contribution is 2.07. The minimum absolute atomic E-state index is 0.0831. The second-order valence-corrected chi connectivity index (χ2v) is 4.57. The van der Waals surface area contributed by atoms with Crippen LogP contribution in [0.5, 0.6) is 0 Å². The Labute approximate surface area is 112 Å². The molecule has 0 aliphatic rings. The normalized spacial score (nSPS) is 12.1. The van der Waals surface area contributed by atoms with Crippen molar-refractivity contribution in [2.24, 2.45) is 5.73 Å². The summed E-state index contributed by atoms with van der Waals surface area (Å²) >= 11 is 0. The molecule has 19 heavy (non-hydrogen) atoms. The van der Waals surface area contributed by atoms with Crippen LogP contribution in [-0.2, 0) is 17.8 Å². The predicted molar refractivity (Wildman–Crippen MR) is 73.3 cm³/mol. The molecule has 0 bridgehead atoms. The van der Waals surface area contributed by atoms with Gasteiger partial charge in [0.05, 0.1) is 18.8 Å². The molecule has 1 atom stereocenters. The molecule has 0 saturated heterocycles. The van der Waals surface area contributed by atoms with Gasteiger partial charge in [-0.05, 0) is 24.1 Å². The molecule has 4 nitrogen and oxygen atoms in total. The van der Waals surface area contributed by atoms with E-state index in [1.54, 1.807) is 24.3 Å². The fraction of sp³-hybridized carbons (Fsp3) is 0.267. The van der Waals surface area contributed by atoms with Crippen molar-refractivity contribution < 1.29 is 9.21 Å². The van der Waals surface area contributed by atoms with Crippen molar-refractivity contribution in [3.8, 4) is 0 Å². The monoisotopic (exact) mass is 258 g/mol. The van der Waals surface area contributed by atoms with Crippen LogP contribution in [0.4, 0.5) is 0 Å². The smallest absolute Gasteiger partial charge is 0.239 e. The SMILES string of the molecule is CN(Cc1ccco1)C(=O)[C@@H](N)Cc1ccccc1. The molecule has 4 heteroatoms. The summed E-state index contributed by atoms with van der Waals surface area (Å²) in [5, 5.41) is 0. The number of hydrogen-bond donors (Lipinski definition) is 1. The van der Waals surface area contributed by atoms with Gasteiger partial charge in [-0.25, -0.2) is 0 Å². The lowest BCUT2D eigenvalue weighted by Gasteiger charge is -2.20. The van der Waals surface area contributed by atoms with Gasteiger partial charge in [0.25, 0.3) is 0 Å². The van der Waals surface area contributed by atoms with Gasteiger partial charge < -0.3 is 15.1 Å².